The molecule has 0 bridgehead atoms. The Bertz CT molecular complexity index is 588. The summed E-state index contributed by atoms with van der Waals surface area (Å²) in [6.45, 7) is 6.95. The highest BCUT2D eigenvalue weighted by Crippen LogP contribution is 2.21. The zero-order valence-electron chi connectivity index (χ0n) is 13.0. The summed E-state index contributed by atoms with van der Waals surface area (Å²) in [4.78, 5) is 6.61. The van der Waals surface area contributed by atoms with Crippen molar-refractivity contribution < 1.29 is 4.74 Å². The number of para-hydroxylation sites is 1. The second-order valence-electron chi connectivity index (χ2n) is 5.85. The summed E-state index contributed by atoms with van der Waals surface area (Å²) in [5, 5.41) is 3.48. The van der Waals surface area contributed by atoms with Gasteiger partial charge in [0.25, 0.3) is 0 Å². The van der Waals surface area contributed by atoms with Crippen molar-refractivity contribution in [1.82, 2.24) is 15.2 Å². The predicted molar refractivity (Wildman–Crippen MR) is 87.8 cm³/mol. The van der Waals surface area contributed by atoms with Gasteiger partial charge in [-0.25, -0.2) is 0 Å². The van der Waals surface area contributed by atoms with Crippen LogP contribution in [0.2, 0.25) is 0 Å². The van der Waals surface area contributed by atoms with E-state index in [9.17, 15) is 0 Å². The van der Waals surface area contributed by atoms with Gasteiger partial charge in [0, 0.05) is 55.7 Å². The zero-order chi connectivity index (χ0) is 15.2. The summed E-state index contributed by atoms with van der Waals surface area (Å²) in [5.41, 5.74) is 2.34. The molecule has 4 heteroatoms. The second-order valence-corrected chi connectivity index (χ2v) is 5.85. The Morgan fingerprint density at radius 3 is 3.00 bits per heavy atom. The van der Waals surface area contributed by atoms with E-state index in [4.69, 9.17) is 4.74 Å². The molecule has 1 aliphatic heterocycles. The molecule has 1 aromatic carbocycles. The fourth-order valence-electron chi connectivity index (χ4n) is 2.82. The monoisotopic (exact) mass is 297 g/mol. The average Bonchev–Trinajstić information content (AvgIpc) is 2.55. The molecule has 1 aromatic heterocycles. The third-order valence-corrected chi connectivity index (χ3v) is 3.94. The van der Waals surface area contributed by atoms with Crippen LogP contribution < -0.4 is 10.1 Å². The lowest BCUT2D eigenvalue weighted by Gasteiger charge is -2.32. The lowest BCUT2D eigenvalue weighted by Crippen LogP contribution is -2.48. The maximum absolute atomic E-state index is 6.01. The SMILES string of the molecule is C[C@@H]1CN(Cc2ccccc2OCc2cccnc2)CCN1. The highest BCUT2D eigenvalue weighted by Gasteiger charge is 2.17. The first-order valence-electron chi connectivity index (χ1n) is 7.86. The molecule has 2 aromatic rings. The van der Waals surface area contributed by atoms with Gasteiger partial charge in [-0.15, -0.1) is 0 Å². The van der Waals surface area contributed by atoms with E-state index in [1.807, 2.05) is 24.4 Å². The van der Waals surface area contributed by atoms with Gasteiger partial charge in [-0.3, -0.25) is 9.88 Å². The van der Waals surface area contributed by atoms with Crippen LogP contribution in [0.4, 0.5) is 0 Å². The van der Waals surface area contributed by atoms with Crippen LogP contribution in [0.1, 0.15) is 18.1 Å². The molecule has 1 atom stereocenters. The van der Waals surface area contributed by atoms with Gasteiger partial charge in [-0.05, 0) is 19.1 Å². The third kappa shape index (κ3) is 4.06. The van der Waals surface area contributed by atoms with E-state index in [0.29, 0.717) is 12.6 Å². The Hall–Kier alpha value is -1.91. The lowest BCUT2D eigenvalue weighted by atomic mass is 10.1. The van der Waals surface area contributed by atoms with Gasteiger partial charge >= 0.3 is 0 Å². The lowest BCUT2D eigenvalue weighted by molar-refractivity contribution is 0.195. The molecule has 1 saturated heterocycles. The maximum atomic E-state index is 6.01. The molecule has 0 saturated carbocycles. The Morgan fingerprint density at radius 1 is 1.27 bits per heavy atom. The number of rotatable bonds is 5. The molecule has 116 valence electrons. The number of hydrogen-bond acceptors (Lipinski definition) is 4. The summed E-state index contributed by atoms with van der Waals surface area (Å²) >= 11 is 0. The van der Waals surface area contributed by atoms with Crippen LogP contribution in [-0.2, 0) is 13.2 Å². The molecule has 0 unspecified atom stereocenters. The average molecular weight is 297 g/mol. The highest BCUT2D eigenvalue weighted by molar-refractivity contribution is 5.33. The molecule has 2 heterocycles. The van der Waals surface area contributed by atoms with E-state index < -0.39 is 0 Å². The fraction of sp³-hybridized carbons (Fsp3) is 0.389. The van der Waals surface area contributed by atoms with Crippen LogP contribution in [0.15, 0.2) is 48.8 Å². The molecule has 0 aliphatic carbocycles. The molecular weight excluding hydrogens is 274 g/mol. The second kappa shape index (κ2) is 7.38. The van der Waals surface area contributed by atoms with Crippen molar-refractivity contribution in [2.75, 3.05) is 19.6 Å². The summed E-state index contributed by atoms with van der Waals surface area (Å²) in [5.74, 6) is 0.970. The number of benzene rings is 1. The first-order valence-corrected chi connectivity index (χ1v) is 7.86. The quantitative estimate of drug-likeness (QED) is 0.920. The number of nitrogens with zero attached hydrogens (tertiary/aromatic N) is 2. The Balaban J connectivity index is 1.64. The van der Waals surface area contributed by atoms with E-state index in [2.05, 4.69) is 40.3 Å². The van der Waals surface area contributed by atoms with Gasteiger partial charge in [0.15, 0.2) is 0 Å². The number of pyridine rings is 1. The molecule has 1 fully saturated rings. The molecule has 22 heavy (non-hydrogen) atoms. The normalized spacial score (nSPS) is 19.0. The Morgan fingerprint density at radius 2 is 2.18 bits per heavy atom. The van der Waals surface area contributed by atoms with E-state index in [1.54, 1.807) is 6.20 Å². The van der Waals surface area contributed by atoms with Crippen molar-refractivity contribution in [2.24, 2.45) is 0 Å². The van der Waals surface area contributed by atoms with Gasteiger partial charge in [0.1, 0.15) is 12.4 Å². The maximum Gasteiger partial charge on any atom is 0.124 e. The molecule has 0 spiro atoms. The van der Waals surface area contributed by atoms with Crippen LogP contribution in [0.5, 0.6) is 5.75 Å². The first-order chi connectivity index (χ1) is 10.8. The van der Waals surface area contributed by atoms with Gasteiger partial charge < -0.3 is 10.1 Å². The van der Waals surface area contributed by atoms with Crippen LogP contribution in [0.25, 0.3) is 0 Å². The predicted octanol–water partition coefficient (Wildman–Crippen LogP) is 2.45. The van der Waals surface area contributed by atoms with Gasteiger partial charge in [0.2, 0.25) is 0 Å². The van der Waals surface area contributed by atoms with Gasteiger partial charge in [0.05, 0.1) is 0 Å². The summed E-state index contributed by atoms with van der Waals surface area (Å²) in [6.07, 6.45) is 3.63. The number of nitrogens with one attached hydrogen (secondary N) is 1. The topological polar surface area (TPSA) is 37.4 Å². The minimum absolute atomic E-state index is 0.553. The summed E-state index contributed by atoms with van der Waals surface area (Å²) < 4.78 is 6.01. The van der Waals surface area contributed by atoms with Crippen LogP contribution in [0, 0.1) is 0 Å². The van der Waals surface area contributed by atoms with Crippen molar-refractivity contribution in [2.45, 2.75) is 26.1 Å². The zero-order valence-corrected chi connectivity index (χ0v) is 13.0. The largest absolute Gasteiger partial charge is 0.489 e. The van der Waals surface area contributed by atoms with Crippen LogP contribution in [0.3, 0.4) is 0 Å². The smallest absolute Gasteiger partial charge is 0.124 e. The Labute approximate surface area is 132 Å². The van der Waals surface area contributed by atoms with E-state index in [1.165, 1.54) is 5.56 Å². The van der Waals surface area contributed by atoms with Gasteiger partial charge in [-0.2, -0.15) is 0 Å². The Kier molecular flexibility index (Phi) is 5.03. The summed E-state index contributed by atoms with van der Waals surface area (Å²) in [6, 6.07) is 12.8. The first kappa shape index (κ1) is 15.0. The molecule has 1 aliphatic rings. The van der Waals surface area contributed by atoms with Crippen molar-refractivity contribution in [3.63, 3.8) is 0 Å². The molecule has 4 nitrogen and oxygen atoms in total. The van der Waals surface area contributed by atoms with E-state index in [-0.39, 0.29) is 0 Å². The standard InChI is InChI=1S/C18H23N3O/c1-15-12-21(10-9-20-15)13-17-6-2-3-7-18(17)22-14-16-5-4-8-19-11-16/h2-8,11,15,20H,9-10,12-14H2,1H3/t15-/m1/s1. The van der Waals surface area contributed by atoms with Crippen molar-refractivity contribution >= 4 is 0 Å². The van der Waals surface area contributed by atoms with Crippen molar-refractivity contribution in [1.29, 1.82) is 0 Å². The van der Waals surface area contributed by atoms with Crippen molar-refractivity contribution in [3.8, 4) is 5.75 Å². The summed E-state index contributed by atoms with van der Waals surface area (Å²) in [7, 11) is 0. The molecule has 3 rings (SSSR count). The number of hydrogen-bond donors (Lipinski definition) is 1. The molecule has 1 N–H and O–H groups in total. The van der Waals surface area contributed by atoms with Gasteiger partial charge in [-0.1, -0.05) is 24.3 Å². The number of ether oxygens (including phenoxy) is 1. The minimum Gasteiger partial charge on any atom is -0.489 e. The molecule has 0 radical (unpaired) electrons. The van der Waals surface area contributed by atoms with Crippen LogP contribution >= 0.6 is 0 Å². The van der Waals surface area contributed by atoms with Crippen molar-refractivity contribution in [3.05, 3.63) is 59.9 Å². The number of aromatic nitrogens is 1. The van der Waals surface area contributed by atoms with E-state index in [0.717, 1.165) is 37.5 Å². The fourth-order valence-corrected chi connectivity index (χ4v) is 2.82. The molecular formula is C18H23N3O. The van der Waals surface area contributed by atoms with Crippen LogP contribution in [-0.4, -0.2) is 35.6 Å². The molecule has 0 amide bonds. The third-order valence-electron chi connectivity index (χ3n) is 3.94. The minimum atomic E-state index is 0.553. The number of piperazine rings is 1. The van der Waals surface area contributed by atoms with E-state index >= 15 is 0 Å². The highest BCUT2D eigenvalue weighted by atomic mass is 16.5.